The standard InChI is InChI=1S/C20H17F2N5OS/c1-9-16(13-8-23-25-18(13)19(29-2)17(9)22)10-3-4-27-11(5-10)6-15(26-27)24-20(28)12-7-14(12)21/h3-6,8,12,14H,7H2,1-2H3,(H,23,25)(H,24,26,28). The van der Waals surface area contributed by atoms with Gasteiger partial charge >= 0.3 is 0 Å². The predicted molar refractivity (Wildman–Crippen MR) is 108 cm³/mol. The SMILES string of the molecule is CSc1c(F)c(C)c(-c2ccn3nc(NC(=O)C4CC4F)cc3c2)c2cn[nH]c12. The van der Waals surface area contributed by atoms with Crippen LogP contribution in [0.2, 0.25) is 0 Å². The predicted octanol–water partition coefficient (Wildman–Crippen LogP) is 4.34. The first-order valence-corrected chi connectivity index (χ1v) is 10.3. The highest BCUT2D eigenvalue weighted by Crippen LogP contribution is 2.39. The first-order chi connectivity index (χ1) is 14.0. The Morgan fingerprint density at radius 2 is 2.21 bits per heavy atom. The third-order valence-corrected chi connectivity index (χ3v) is 6.09. The van der Waals surface area contributed by atoms with Gasteiger partial charge in [-0.05, 0) is 48.4 Å². The summed E-state index contributed by atoms with van der Waals surface area (Å²) in [6.07, 6.45) is 4.49. The van der Waals surface area contributed by atoms with E-state index in [9.17, 15) is 13.6 Å². The van der Waals surface area contributed by atoms with E-state index in [2.05, 4.69) is 20.6 Å². The van der Waals surface area contributed by atoms with Gasteiger partial charge in [-0.2, -0.15) is 10.2 Å². The number of aromatic amines is 1. The average Bonchev–Trinajstić information content (AvgIpc) is 3.08. The number of carbonyl (C=O) groups is 1. The van der Waals surface area contributed by atoms with Gasteiger partial charge in [-0.25, -0.2) is 13.3 Å². The number of anilines is 1. The molecule has 2 atom stereocenters. The number of amides is 1. The van der Waals surface area contributed by atoms with E-state index in [0.29, 0.717) is 21.8 Å². The van der Waals surface area contributed by atoms with Crippen molar-refractivity contribution in [3.05, 3.63) is 42.0 Å². The van der Waals surface area contributed by atoms with Crippen LogP contribution in [-0.4, -0.2) is 38.1 Å². The van der Waals surface area contributed by atoms with Gasteiger partial charge < -0.3 is 5.32 Å². The summed E-state index contributed by atoms with van der Waals surface area (Å²) in [5.41, 5.74) is 3.52. The zero-order valence-electron chi connectivity index (χ0n) is 15.7. The molecule has 4 aromatic rings. The maximum atomic E-state index is 15.0. The van der Waals surface area contributed by atoms with Crippen molar-refractivity contribution < 1.29 is 13.6 Å². The highest BCUT2D eigenvalue weighted by molar-refractivity contribution is 7.98. The Balaban J connectivity index is 1.58. The lowest BCUT2D eigenvalue weighted by Crippen LogP contribution is -2.15. The number of pyridine rings is 1. The number of fused-ring (bicyclic) bond motifs is 2. The summed E-state index contributed by atoms with van der Waals surface area (Å²) >= 11 is 1.34. The van der Waals surface area contributed by atoms with Crippen molar-refractivity contribution in [2.75, 3.05) is 11.6 Å². The first-order valence-electron chi connectivity index (χ1n) is 9.11. The average molecular weight is 413 g/mol. The van der Waals surface area contributed by atoms with Crippen molar-refractivity contribution in [2.45, 2.75) is 24.4 Å². The van der Waals surface area contributed by atoms with E-state index in [1.807, 2.05) is 18.4 Å². The quantitative estimate of drug-likeness (QED) is 0.488. The minimum absolute atomic E-state index is 0.265. The summed E-state index contributed by atoms with van der Waals surface area (Å²) in [5.74, 6) is -0.840. The Bertz CT molecular complexity index is 1280. The molecule has 0 saturated heterocycles. The van der Waals surface area contributed by atoms with Gasteiger partial charge in [0, 0.05) is 17.6 Å². The number of hydrogen-bond donors (Lipinski definition) is 2. The van der Waals surface area contributed by atoms with Crippen LogP contribution in [0.1, 0.15) is 12.0 Å². The van der Waals surface area contributed by atoms with Crippen LogP contribution in [0.5, 0.6) is 0 Å². The Morgan fingerprint density at radius 3 is 2.93 bits per heavy atom. The van der Waals surface area contributed by atoms with Crippen LogP contribution in [0.4, 0.5) is 14.6 Å². The molecule has 3 heterocycles. The molecule has 5 rings (SSSR count). The highest BCUT2D eigenvalue weighted by Gasteiger charge is 2.43. The lowest BCUT2D eigenvalue weighted by Gasteiger charge is -2.12. The smallest absolute Gasteiger partial charge is 0.231 e. The molecule has 1 amide bonds. The van der Waals surface area contributed by atoms with Crippen molar-refractivity contribution in [3.63, 3.8) is 0 Å². The number of nitrogens with zero attached hydrogens (tertiary/aromatic N) is 3. The van der Waals surface area contributed by atoms with Crippen molar-refractivity contribution >= 4 is 39.9 Å². The number of hydrogen-bond acceptors (Lipinski definition) is 4. The normalized spacial score (nSPS) is 18.5. The summed E-state index contributed by atoms with van der Waals surface area (Å²) < 4.78 is 29.7. The summed E-state index contributed by atoms with van der Waals surface area (Å²) in [7, 11) is 0. The molecule has 9 heteroatoms. The van der Waals surface area contributed by atoms with Crippen LogP contribution in [-0.2, 0) is 4.79 Å². The van der Waals surface area contributed by atoms with E-state index >= 15 is 0 Å². The Morgan fingerprint density at radius 1 is 1.41 bits per heavy atom. The Hall–Kier alpha value is -2.94. The van der Waals surface area contributed by atoms with E-state index in [1.165, 1.54) is 11.8 Å². The van der Waals surface area contributed by atoms with E-state index in [0.717, 1.165) is 22.0 Å². The molecular weight excluding hydrogens is 396 g/mol. The van der Waals surface area contributed by atoms with Crippen LogP contribution in [0.3, 0.4) is 0 Å². The van der Waals surface area contributed by atoms with Crippen LogP contribution >= 0.6 is 11.8 Å². The topological polar surface area (TPSA) is 75.1 Å². The third-order valence-electron chi connectivity index (χ3n) is 5.30. The van der Waals surface area contributed by atoms with Gasteiger partial charge in [-0.3, -0.25) is 9.89 Å². The summed E-state index contributed by atoms with van der Waals surface area (Å²) in [4.78, 5) is 12.5. The monoisotopic (exact) mass is 413 g/mol. The van der Waals surface area contributed by atoms with Crippen LogP contribution in [0.15, 0.2) is 35.5 Å². The molecule has 0 spiro atoms. The molecule has 3 aromatic heterocycles. The van der Waals surface area contributed by atoms with E-state index in [4.69, 9.17) is 0 Å². The van der Waals surface area contributed by atoms with Gasteiger partial charge in [0.15, 0.2) is 5.82 Å². The van der Waals surface area contributed by atoms with Crippen LogP contribution < -0.4 is 5.32 Å². The van der Waals surface area contributed by atoms with E-state index in [-0.39, 0.29) is 18.1 Å². The molecule has 0 aliphatic heterocycles. The number of nitrogens with one attached hydrogen (secondary N) is 2. The first kappa shape index (κ1) is 18.1. The minimum Gasteiger partial charge on any atom is -0.309 e. The number of benzene rings is 1. The summed E-state index contributed by atoms with van der Waals surface area (Å²) in [6.45, 7) is 1.76. The molecule has 1 aromatic carbocycles. The molecular formula is C20H17F2N5OS. The number of rotatable bonds is 4. The molecule has 2 N–H and O–H groups in total. The van der Waals surface area contributed by atoms with Gasteiger partial charge in [0.25, 0.3) is 0 Å². The zero-order chi connectivity index (χ0) is 20.3. The maximum absolute atomic E-state index is 15.0. The molecule has 1 fully saturated rings. The van der Waals surface area contributed by atoms with Gasteiger partial charge in [0.1, 0.15) is 12.0 Å². The number of alkyl halides is 1. The van der Waals surface area contributed by atoms with Gasteiger partial charge in [-0.1, -0.05) is 0 Å². The second-order valence-corrected chi connectivity index (χ2v) is 7.98. The second kappa shape index (κ2) is 6.55. The molecule has 1 aliphatic rings. The van der Waals surface area contributed by atoms with Crippen LogP contribution in [0, 0.1) is 18.7 Å². The van der Waals surface area contributed by atoms with Gasteiger partial charge in [0.2, 0.25) is 5.91 Å². The van der Waals surface area contributed by atoms with E-state index in [1.54, 1.807) is 29.9 Å². The fourth-order valence-electron chi connectivity index (χ4n) is 3.67. The molecule has 1 aliphatic carbocycles. The molecule has 148 valence electrons. The largest absolute Gasteiger partial charge is 0.309 e. The zero-order valence-corrected chi connectivity index (χ0v) is 16.5. The molecule has 0 radical (unpaired) electrons. The van der Waals surface area contributed by atoms with Gasteiger partial charge in [0.05, 0.1) is 28.0 Å². The van der Waals surface area contributed by atoms with E-state index < -0.39 is 12.1 Å². The lowest BCUT2D eigenvalue weighted by molar-refractivity contribution is -0.117. The van der Waals surface area contributed by atoms with Gasteiger partial charge in [-0.15, -0.1) is 11.8 Å². The Labute approximate surface area is 168 Å². The molecule has 6 nitrogen and oxygen atoms in total. The van der Waals surface area contributed by atoms with Crippen molar-refractivity contribution in [1.82, 2.24) is 19.8 Å². The third kappa shape index (κ3) is 2.88. The number of halogens is 2. The highest BCUT2D eigenvalue weighted by atomic mass is 32.2. The number of thioether (sulfide) groups is 1. The number of aromatic nitrogens is 4. The fourth-order valence-corrected chi connectivity index (χ4v) is 4.36. The van der Waals surface area contributed by atoms with Crippen molar-refractivity contribution in [3.8, 4) is 11.1 Å². The minimum atomic E-state index is -1.06. The summed E-state index contributed by atoms with van der Waals surface area (Å²) in [6, 6.07) is 5.44. The van der Waals surface area contributed by atoms with Crippen LogP contribution in [0.25, 0.3) is 27.5 Å². The Kier molecular flexibility index (Phi) is 4.09. The molecule has 29 heavy (non-hydrogen) atoms. The summed E-state index contributed by atoms with van der Waals surface area (Å²) in [5, 5.41) is 14.8. The lowest BCUT2D eigenvalue weighted by atomic mass is 9.97. The fraction of sp³-hybridized carbons (Fsp3) is 0.250. The second-order valence-electron chi connectivity index (χ2n) is 7.17. The molecule has 1 saturated carbocycles. The maximum Gasteiger partial charge on any atom is 0.231 e. The van der Waals surface area contributed by atoms with Crippen molar-refractivity contribution in [2.24, 2.45) is 5.92 Å². The van der Waals surface area contributed by atoms with Crippen molar-refractivity contribution in [1.29, 1.82) is 0 Å². The molecule has 2 unspecified atom stereocenters. The molecule has 0 bridgehead atoms. The number of carbonyl (C=O) groups excluding carboxylic acids is 1. The number of H-pyrrole nitrogens is 1.